The molecular weight excluding hydrogens is 349 g/mol. The highest BCUT2D eigenvalue weighted by Crippen LogP contribution is 2.28. The molecular formula is C16H13F3N6O. The zero-order valence-electron chi connectivity index (χ0n) is 13.4. The molecule has 26 heavy (non-hydrogen) atoms. The number of carbonyl (C=O) groups is 1. The summed E-state index contributed by atoms with van der Waals surface area (Å²) < 4.78 is 39.4. The lowest BCUT2D eigenvalue weighted by molar-refractivity contribution is -0.146. The van der Waals surface area contributed by atoms with Crippen LogP contribution in [0.1, 0.15) is 18.7 Å². The van der Waals surface area contributed by atoms with Crippen molar-refractivity contribution >= 4 is 28.7 Å². The Balaban J connectivity index is 1.58. The van der Waals surface area contributed by atoms with Crippen LogP contribution in [0.2, 0.25) is 0 Å². The molecule has 0 unspecified atom stereocenters. The van der Waals surface area contributed by atoms with Gasteiger partial charge in [-0.2, -0.15) is 17.7 Å². The second-order valence-electron chi connectivity index (χ2n) is 5.83. The summed E-state index contributed by atoms with van der Waals surface area (Å²) in [6, 6.07) is 9.96. The summed E-state index contributed by atoms with van der Waals surface area (Å²) in [4.78, 5) is 13.5. The lowest BCUT2D eigenvalue weighted by atomic mass is 10.2. The van der Waals surface area contributed by atoms with Crippen LogP contribution < -0.4 is 10.2 Å². The van der Waals surface area contributed by atoms with Crippen molar-refractivity contribution in [2.24, 2.45) is 0 Å². The van der Waals surface area contributed by atoms with Crippen LogP contribution in [-0.4, -0.2) is 32.3 Å². The molecule has 4 rings (SSSR count). The third-order valence-corrected chi connectivity index (χ3v) is 4.04. The van der Waals surface area contributed by atoms with Crippen LogP contribution in [-0.2, 0) is 11.0 Å². The van der Waals surface area contributed by atoms with Crippen molar-refractivity contribution in [2.45, 2.75) is 19.0 Å². The Labute approximate surface area is 145 Å². The van der Waals surface area contributed by atoms with Crippen LogP contribution in [0, 0.1) is 0 Å². The fourth-order valence-corrected chi connectivity index (χ4v) is 2.83. The van der Waals surface area contributed by atoms with E-state index in [1.165, 1.54) is 12.1 Å². The van der Waals surface area contributed by atoms with E-state index < -0.39 is 12.0 Å². The molecule has 1 aromatic carbocycles. The molecule has 1 aliphatic heterocycles. The highest BCUT2D eigenvalue weighted by atomic mass is 19.4. The Morgan fingerprint density at radius 2 is 1.81 bits per heavy atom. The quantitative estimate of drug-likeness (QED) is 0.775. The summed E-state index contributed by atoms with van der Waals surface area (Å²) in [7, 11) is 0. The van der Waals surface area contributed by atoms with Crippen LogP contribution in [0.3, 0.4) is 0 Å². The third-order valence-electron chi connectivity index (χ3n) is 4.04. The van der Waals surface area contributed by atoms with E-state index in [-0.39, 0.29) is 17.4 Å². The minimum Gasteiger partial charge on any atom is -0.339 e. The molecule has 1 saturated heterocycles. The molecule has 0 radical (unpaired) electrons. The highest BCUT2D eigenvalue weighted by molar-refractivity contribution is 5.95. The van der Waals surface area contributed by atoms with Crippen LogP contribution in [0.25, 0.3) is 5.65 Å². The average Bonchev–Trinajstić information content (AvgIpc) is 3.21. The second-order valence-corrected chi connectivity index (χ2v) is 5.83. The normalized spacial score (nSPS) is 15.0. The average molecular weight is 362 g/mol. The SMILES string of the molecule is O=C1CCCN1c1ccc(Nc2ccc3nnc(C(F)(F)F)n3n2)cc1. The highest BCUT2D eigenvalue weighted by Gasteiger charge is 2.37. The maximum Gasteiger partial charge on any atom is 0.453 e. The van der Waals surface area contributed by atoms with Gasteiger partial charge in [-0.25, -0.2) is 0 Å². The zero-order chi connectivity index (χ0) is 18.3. The lowest BCUT2D eigenvalue weighted by Crippen LogP contribution is -2.23. The van der Waals surface area contributed by atoms with Crippen molar-refractivity contribution in [3.63, 3.8) is 0 Å². The Morgan fingerprint density at radius 3 is 2.46 bits per heavy atom. The van der Waals surface area contributed by atoms with E-state index in [9.17, 15) is 18.0 Å². The Morgan fingerprint density at radius 1 is 1.04 bits per heavy atom. The predicted molar refractivity (Wildman–Crippen MR) is 87.1 cm³/mol. The topological polar surface area (TPSA) is 75.4 Å². The smallest absolute Gasteiger partial charge is 0.339 e. The Kier molecular flexibility index (Phi) is 3.74. The summed E-state index contributed by atoms with van der Waals surface area (Å²) in [6.45, 7) is 0.692. The third kappa shape index (κ3) is 2.93. The molecule has 1 amide bonds. The molecule has 134 valence electrons. The summed E-state index contributed by atoms with van der Waals surface area (Å²) in [5, 5.41) is 13.4. The maximum absolute atomic E-state index is 12.9. The first-order valence-corrected chi connectivity index (χ1v) is 7.89. The van der Waals surface area contributed by atoms with E-state index in [1.807, 2.05) is 0 Å². The molecule has 7 nitrogen and oxygen atoms in total. The minimum atomic E-state index is -4.64. The molecule has 1 aliphatic rings. The number of halogens is 3. The van der Waals surface area contributed by atoms with Crippen LogP contribution in [0.15, 0.2) is 36.4 Å². The number of amides is 1. The number of rotatable bonds is 3. The van der Waals surface area contributed by atoms with Crippen molar-refractivity contribution in [3.05, 3.63) is 42.2 Å². The molecule has 0 spiro atoms. The number of fused-ring (bicyclic) bond motifs is 1. The predicted octanol–water partition coefficient (Wildman–Crippen LogP) is 3.01. The first kappa shape index (κ1) is 16.3. The molecule has 0 saturated carbocycles. The van der Waals surface area contributed by atoms with E-state index >= 15 is 0 Å². The van der Waals surface area contributed by atoms with Gasteiger partial charge in [0.1, 0.15) is 0 Å². The fourth-order valence-electron chi connectivity index (χ4n) is 2.83. The molecule has 0 bridgehead atoms. The van der Waals surface area contributed by atoms with Gasteiger partial charge in [0.15, 0.2) is 11.5 Å². The van der Waals surface area contributed by atoms with Gasteiger partial charge < -0.3 is 10.2 Å². The van der Waals surface area contributed by atoms with Crippen molar-refractivity contribution in [1.29, 1.82) is 0 Å². The number of nitrogens with one attached hydrogen (secondary N) is 1. The number of aromatic nitrogens is 4. The zero-order valence-corrected chi connectivity index (χ0v) is 13.4. The van der Waals surface area contributed by atoms with E-state index in [1.54, 1.807) is 29.2 Å². The van der Waals surface area contributed by atoms with Gasteiger partial charge in [0, 0.05) is 24.3 Å². The van der Waals surface area contributed by atoms with Crippen molar-refractivity contribution < 1.29 is 18.0 Å². The van der Waals surface area contributed by atoms with Gasteiger partial charge in [-0.15, -0.1) is 15.3 Å². The molecule has 0 aliphatic carbocycles. The van der Waals surface area contributed by atoms with Gasteiger partial charge in [-0.1, -0.05) is 0 Å². The molecule has 2 aromatic heterocycles. The second kappa shape index (κ2) is 5.97. The maximum atomic E-state index is 12.9. The van der Waals surface area contributed by atoms with Crippen LogP contribution in [0.5, 0.6) is 0 Å². The van der Waals surface area contributed by atoms with Gasteiger partial charge in [-0.05, 0) is 42.8 Å². The number of carbonyl (C=O) groups excluding carboxylic acids is 1. The number of hydrogen-bond donors (Lipinski definition) is 1. The molecule has 3 heterocycles. The van der Waals surface area contributed by atoms with Gasteiger partial charge in [0.25, 0.3) is 5.82 Å². The van der Waals surface area contributed by atoms with E-state index in [2.05, 4.69) is 20.6 Å². The number of alkyl halides is 3. The number of hydrogen-bond acceptors (Lipinski definition) is 5. The largest absolute Gasteiger partial charge is 0.453 e. The van der Waals surface area contributed by atoms with Gasteiger partial charge >= 0.3 is 6.18 Å². The van der Waals surface area contributed by atoms with Crippen molar-refractivity contribution in [2.75, 3.05) is 16.8 Å². The monoisotopic (exact) mass is 362 g/mol. The van der Waals surface area contributed by atoms with E-state index in [4.69, 9.17) is 0 Å². The first-order chi connectivity index (χ1) is 12.4. The summed E-state index contributed by atoms with van der Waals surface area (Å²) in [5.41, 5.74) is 1.43. The lowest BCUT2D eigenvalue weighted by Gasteiger charge is -2.16. The van der Waals surface area contributed by atoms with Crippen LogP contribution in [0.4, 0.5) is 30.4 Å². The summed E-state index contributed by atoms with van der Waals surface area (Å²) in [6.07, 6.45) is -3.26. The van der Waals surface area contributed by atoms with Crippen LogP contribution >= 0.6 is 0 Å². The molecule has 1 N–H and O–H groups in total. The molecule has 0 atom stereocenters. The molecule has 10 heteroatoms. The summed E-state index contributed by atoms with van der Waals surface area (Å²) in [5.74, 6) is -0.878. The number of anilines is 3. The Hall–Kier alpha value is -3.17. The van der Waals surface area contributed by atoms with E-state index in [0.29, 0.717) is 23.2 Å². The van der Waals surface area contributed by atoms with Gasteiger partial charge in [0.2, 0.25) is 5.91 Å². The summed E-state index contributed by atoms with van der Waals surface area (Å²) >= 11 is 0. The van der Waals surface area contributed by atoms with Crippen molar-refractivity contribution in [1.82, 2.24) is 19.8 Å². The minimum absolute atomic E-state index is 0.00534. The van der Waals surface area contributed by atoms with Crippen molar-refractivity contribution in [3.8, 4) is 0 Å². The molecule has 3 aromatic rings. The number of benzene rings is 1. The van der Waals surface area contributed by atoms with Gasteiger partial charge in [0.05, 0.1) is 0 Å². The molecule has 1 fully saturated rings. The number of nitrogens with zero attached hydrogens (tertiary/aromatic N) is 5. The standard InChI is InChI=1S/C16H13F3N6O/c17-16(18,19)15-22-21-13-8-7-12(23-25(13)15)20-10-3-5-11(6-4-10)24-9-1-2-14(24)26/h3-8H,1-2,9H2,(H,20,23). The Bertz CT molecular complexity index is 966. The van der Waals surface area contributed by atoms with Gasteiger partial charge in [-0.3, -0.25) is 4.79 Å². The fraction of sp³-hybridized carbons (Fsp3) is 0.250. The first-order valence-electron chi connectivity index (χ1n) is 7.89. The van der Waals surface area contributed by atoms with E-state index in [0.717, 1.165) is 12.1 Å².